The van der Waals surface area contributed by atoms with E-state index in [1.54, 1.807) is 26.8 Å². The number of rotatable bonds is 2. The molecular formula is C13H15NO3S. The van der Waals surface area contributed by atoms with E-state index in [0.29, 0.717) is 5.39 Å². The second-order valence-corrected chi connectivity index (χ2v) is 6.08. The fourth-order valence-corrected chi connectivity index (χ4v) is 2.59. The number of nitrogens with zero attached hydrogens (tertiary/aromatic N) is 1. The molecule has 0 aliphatic heterocycles. The first-order valence-corrected chi connectivity index (χ1v) is 6.45. The third-order valence-corrected chi connectivity index (χ3v) is 3.31. The highest BCUT2D eigenvalue weighted by molar-refractivity contribution is 7.13. The highest BCUT2D eigenvalue weighted by Crippen LogP contribution is 2.16. The lowest BCUT2D eigenvalue weighted by molar-refractivity contribution is -0.155. The SMILES string of the molecule is CC(C)(C)OC(=O)Cn1sc2ccccc2c1=O. The predicted octanol–water partition coefficient (Wildman–Crippen LogP) is 2.40. The first-order chi connectivity index (χ1) is 8.37. The maximum Gasteiger partial charge on any atom is 0.327 e. The zero-order chi connectivity index (χ0) is 13.3. The van der Waals surface area contributed by atoms with Crippen molar-refractivity contribution in [2.75, 3.05) is 0 Å². The Kier molecular flexibility index (Phi) is 3.26. The van der Waals surface area contributed by atoms with Crippen LogP contribution in [0.1, 0.15) is 20.8 Å². The van der Waals surface area contributed by atoms with Crippen LogP contribution in [0.4, 0.5) is 0 Å². The summed E-state index contributed by atoms with van der Waals surface area (Å²) in [5.41, 5.74) is -0.668. The van der Waals surface area contributed by atoms with Crippen LogP contribution in [0.25, 0.3) is 10.1 Å². The monoisotopic (exact) mass is 265 g/mol. The zero-order valence-electron chi connectivity index (χ0n) is 10.6. The molecule has 0 saturated carbocycles. The van der Waals surface area contributed by atoms with Gasteiger partial charge in [0.2, 0.25) is 0 Å². The van der Waals surface area contributed by atoms with Crippen molar-refractivity contribution < 1.29 is 9.53 Å². The second-order valence-electron chi connectivity index (χ2n) is 5.02. The van der Waals surface area contributed by atoms with Crippen LogP contribution in [0.15, 0.2) is 29.1 Å². The van der Waals surface area contributed by atoms with Gasteiger partial charge in [-0.3, -0.25) is 13.5 Å². The summed E-state index contributed by atoms with van der Waals surface area (Å²) in [5.74, 6) is -0.392. The smallest absolute Gasteiger partial charge is 0.327 e. The summed E-state index contributed by atoms with van der Waals surface area (Å²) in [6, 6.07) is 7.32. The van der Waals surface area contributed by atoms with Gasteiger partial charge in [-0.25, -0.2) is 0 Å². The molecule has 0 saturated heterocycles. The summed E-state index contributed by atoms with van der Waals surface area (Å²) in [4.78, 5) is 23.7. The Balaban J connectivity index is 2.25. The van der Waals surface area contributed by atoms with Crippen molar-refractivity contribution in [2.24, 2.45) is 0 Å². The maximum atomic E-state index is 12.0. The van der Waals surface area contributed by atoms with Crippen LogP contribution in [0.5, 0.6) is 0 Å². The summed E-state index contributed by atoms with van der Waals surface area (Å²) in [6.45, 7) is 5.38. The third kappa shape index (κ3) is 2.79. The molecule has 1 aromatic carbocycles. The molecule has 2 rings (SSSR count). The van der Waals surface area contributed by atoms with Gasteiger partial charge in [-0.15, -0.1) is 0 Å². The minimum absolute atomic E-state index is 0.0323. The lowest BCUT2D eigenvalue weighted by Crippen LogP contribution is -2.28. The largest absolute Gasteiger partial charge is 0.459 e. The average Bonchev–Trinajstić information content (AvgIpc) is 2.54. The predicted molar refractivity (Wildman–Crippen MR) is 71.9 cm³/mol. The van der Waals surface area contributed by atoms with Crippen molar-refractivity contribution in [2.45, 2.75) is 32.9 Å². The lowest BCUT2D eigenvalue weighted by Gasteiger charge is -2.19. The molecule has 0 spiro atoms. The first kappa shape index (κ1) is 12.8. The van der Waals surface area contributed by atoms with Gasteiger partial charge < -0.3 is 4.74 Å². The maximum absolute atomic E-state index is 12.0. The van der Waals surface area contributed by atoms with Crippen molar-refractivity contribution in [1.29, 1.82) is 0 Å². The Morgan fingerprint density at radius 1 is 1.33 bits per heavy atom. The van der Waals surface area contributed by atoms with Crippen molar-refractivity contribution >= 4 is 27.6 Å². The molecule has 0 radical (unpaired) electrons. The van der Waals surface area contributed by atoms with Gasteiger partial charge in [-0.2, -0.15) is 0 Å². The number of aromatic nitrogens is 1. The number of esters is 1. The van der Waals surface area contributed by atoms with Gasteiger partial charge in [0.15, 0.2) is 0 Å². The highest BCUT2D eigenvalue weighted by atomic mass is 32.1. The minimum atomic E-state index is -0.530. The van der Waals surface area contributed by atoms with Crippen molar-refractivity contribution in [3.8, 4) is 0 Å². The summed E-state index contributed by atoms with van der Waals surface area (Å²) >= 11 is 1.28. The van der Waals surface area contributed by atoms with E-state index in [2.05, 4.69) is 0 Å². The van der Waals surface area contributed by atoms with Crippen molar-refractivity contribution in [3.05, 3.63) is 34.6 Å². The molecule has 1 aromatic heterocycles. The van der Waals surface area contributed by atoms with E-state index in [-0.39, 0.29) is 12.1 Å². The fraction of sp³-hybridized carbons (Fsp3) is 0.385. The van der Waals surface area contributed by atoms with E-state index < -0.39 is 11.6 Å². The third-order valence-electron chi connectivity index (χ3n) is 2.25. The molecule has 5 heteroatoms. The van der Waals surface area contributed by atoms with E-state index in [4.69, 9.17) is 4.74 Å². The Morgan fingerprint density at radius 2 is 2.00 bits per heavy atom. The summed E-state index contributed by atoms with van der Waals surface area (Å²) in [6.07, 6.45) is 0. The summed E-state index contributed by atoms with van der Waals surface area (Å²) in [7, 11) is 0. The lowest BCUT2D eigenvalue weighted by atomic mass is 10.2. The standard InChI is InChI=1S/C13H15NO3S/c1-13(2,3)17-11(15)8-14-12(16)9-6-4-5-7-10(9)18-14/h4-7H,8H2,1-3H3. The number of ether oxygens (including phenoxy) is 1. The number of carbonyl (C=O) groups excluding carboxylic acids is 1. The van der Waals surface area contributed by atoms with Crippen LogP contribution in [-0.2, 0) is 16.1 Å². The Morgan fingerprint density at radius 3 is 2.61 bits per heavy atom. The molecule has 0 bridgehead atoms. The van der Waals surface area contributed by atoms with Gasteiger partial charge in [0.05, 0.1) is 10.1 Å². The minimum Gasteiger partial charge on any atom is -0.459 e. The molecule has 0 aliphatic rings. The molecule has 0 unspecified atom stereocenters. The fourth-order valence-electron chi connectivity index (χ4n) is 1.61. The number of hydrogen-bond donors (Lipinski definition) is 0. The molecule has 0 aliphatic carbocycles. The van der Waals surface area contributed by atoms with E-state index in [1.807, 2.05) is 18.2 Å². The molecular weight excluding hydrogens is 250 g/mol. The van der Waals surface area contributed by atoms with Gasteiger partial charge in [-0.1, -0.05) is 23.7 Å². The van der Waals surface area contributed by atoms with Crippen LogP contribution < -0.4 is 5.56 Å². The Bertz CT molecular complexity index is 633. The van der Waals surface area contributed by atoms with E-state index in [0.717, 1.165) is 4.70 Å². The van der Waals surface area contributed by atoms with Crippen LogP contribution >= 0.6 is 11.5 Å². The van der Waals surface area contributed by atoms with Crippen LogP contribution in [0, 0.1) is 0 Å². The Labute approximate surface area is 109 Å². The van der Waals surface area contributed by atoms with Gasteiger partial charge in [0.1, 0.15) is 12.1 Å². The van der Waals surface area contributed by atoms with Crippen LogP contribution in [-0.4, -0.2) is 15.5 Å². The summed E-state index contributed by atoms with van der Waals surface area (Å²) < 4.78 is 7.51. The zero-order valence-corrected chi connectivity index (χ0v) is 11.4. The average molecular weight is 265 g/mol. The number of benzene rings is 1. The molecule has 0 amide bonds. The number of carbonyl (C=O) groups is 1. The van der Waals surface area contributed by atoms with Crippen molar-refractivity contribution in [3.63, 3.8) is 0 Å². The van der Waals surface area contributed by atoms with Gasteiger partial charge in [-0.05, 0) is 32.9 Å². The molecule has 2 aromatic rings. The van der Waals surface area contributed by atoms with Crippen LogP contribution in [0.2, 0.25) is 0 Å². The molecule has 0 atom stereocenters. The normalized spacial score (nSPS) is 11.7. The molecule has 18 heavy (non-hydrogen) atoms. The van der Waals surface area contributed by atoms with Crippen molar-refractivity contribution in [1.82, 2.24) is 3.96 Å². The van der Waals surface area contributed by atoms with E-state index >= 15 is 0 Å². The molecule has 1 heterocycles. The quantitative estimate of drug-likeness (QED) is 0.783. The Hall–Kier alpha value is -1.62. The summed E-state index contributed by atoms with van der Waals surface area (Å²) in [5, 5.41) is 0.644. The first-order valence-electron chi connectivity index (χ1n) is 5.67. The number of fused-ring (bicyclic) bond motifs is 1. The number of hydrogen-bond acceptors (Lipinski definition) is 4. The van der Waals surface area contributed by atoms with Gasteiger partial charge in [0, 0.05) is 0 Å². The van der Waals surface area contributed by atoms with E-state index in [1.165, 1.54) is 15.5 Å². The molecule has 0 fully saturated rings. The molecule has 4 nitrogen and oxygen atoms in total. The topological polar surface area (TPSA) is 48.3 Å². The van der Waals surface area contributed by atoms with Gasteiger partial charge in [0.25, 0.3) is 5.56 Å². The molecule has 0 N–H and O–H groups in total. The molecule has 96 valence electrons. The highest BCUT2D eigenvalue weighted by Gasteiger charge is 2.18. The second kappa shape index (κ2) is 4.57. The van der Waals surface area contributed by atoms with Crippen LogP contribution in [0.3, 0.4) is 0 Å². The van der Waals surface area contributed by atoms with Gasteiger partial charge >= 0.3 is 5.97 Å². The van der Waals surface area contributed by atoms with E-state index in [9.17, 15) is 9.59 Å².